The van der Waals surface area contributed by atoms with Crippen molar-refractivity contribution in [3.05, 3.63) is 34.8 Å². The molecule has 0 spiro atoms. The summed E-state index contributed by atoms with van der Waals surface area (Å²) in [5, 5.41) is 0. The van der Waals surface area contributed by atoms with E-state index in [0.717, 1.165) is 4.47 Å². The van der Waals surface area contributed by atoms with Crippen LogP contribution >= 0.6 is 55.4 Å². The molecule has 1 rings (SSSR count). The second-order valence-electron chi connectivity index (χ2n) is 1.40. The third-order valence-electron chi connectivity index (χ3n) is 0.733. The summed E-state index contributed by atoms with van der Waals surface area (Å²) in [6.45, 7) is 0. The zero-order valence-corrected chi connectivity index (χ0v) is 14.1. The molecule has 0 radical (unpaired) electrons. The van der Waals surface area contributed by atoms with E-state index in [9.17, 15) is 0 Å². The van der Waals surface area contributed by atoms with E-state index in [0.29, 0.717) is 0 Å². The summed E-state index contributed by atoms with van der Waals surface area (Å²) in [7, 11) is 0.0650. The molecule has 0 atom stereocenters. The molecule has 1 aromatic carbocycles. The molecule has 52 valence electrons. The second kappa shape index (κ2) is 8.88. The van der Waals surface area contributed by atoms with E-state index in [4.69, 9.17) is 0 Å². The van der Waals surface area contributed by atoms with E-state index in [-0.39, 0.29) is 10.1 Å². The Morgan fingerprint density at radius 2 is 1.50 bits per heavy atom. The number of halogens is 3. The van der Waals surface area contributed by atoms with E-state index < -0.39 is 0 Å². The molecule has 0 fully saturated rings. The van der Waals surface area contributed by atoms with E-state index in [2.05, 4.69) is 55.4 Å². The average Bonchev–Trinajstić information content (AvgIpc) is 1.91. The predicted octanol–water partition coefficient (Wildman–Crippen LogP) is 4.22. The van der Waals surface area contributed by atoms with Gasteiger partial charge in [0.25, 0.3) is 0 Å². The van der Waals surface area contributed by atoms with Gasteiger partial charge in [-0.3, -0.25) is 0 Å². The van der Waals surface area contributed by atoms with Crippen LogP contribution in [0.15, 0.2) is 34.8 Å². The SMILES string of the molecule is Brc1ccccc1.[I][Zn][I]. The molecule has 0 aliphatic rings. The summed E-state index contributed by atoms with van der Waals surface area (Å²) in [6.07, 6.45) is 0. The van der Waals surface area contributed by atoms with Crippen molar-refractivity contribution in [3.63, 3.8) is 0 Å². The summed E-state index contributed by atoms with van der Waals surface area (Å²) in [6, 6.07) is 9.97. The molecule has 0 heterocycles. The third kappa shape index (κ3) is 7.89. The van der Waals surface area contributed by atoms with Gasteiger partial charge < -0.3 is 0 Å². The fourth-order valence-corrected chi connectivity index (χ4v) is 0.720. The second-order valence-corrected chi connectivity index (χ2v) is 25.8. The summed E-state index contributed by atoms with van der Waals surface area (Å²) >= 11 is 8.24. The molecule has 1 aromatic rings. The summed E-state index contributed by atoms with van der Waals surface area (Å²) in [5.41, 5.74) is 0. The van der Waals surface area contributed by atoms with Crippen molar-refractivity contribution in [1.82, 2.24) is 0 Å². The van der Waals surface area contributed by atoms with Crippen molar-refractivity contribution >= 4 is 55.4 Å². The van der Waals surface area contributed by atoms with Crippen molar-refractivity contribution in [2.75, 3.05) is 0 Å². The molecule has 0 nitrogen and oxygen atoms in total. The maximum absolute atomic E-state index is 3.31. The molecular formula is C6H5BrI2Zn. The normalized spacial score (nSPS) is 7.10. The first-order valence-corrected chi connectivity index (χ1v) is 21.5. The van der Waals surface area contributed by atoms with Crippen molar-refractivity contribution in [2.24, 2.45) is 0 Å². The van der Waals surface area contributed by atoms with Gasteiger partial charge >= 0.3 is 49.6 Å². The molecule has 0 saturated carbocycles. The molecule has 0 amide bonds. The van der Waals surface area contributed by atoms with Gasteiger partial charge in [-0.1, -0.05) is 34.1 Å². The number of hydrogen-bond acceptors (Lipinski definition) is 0. The van der Waals surface area contributed by atoms with Gasteiger partial charge in [-0.25, -0.2) is 0 Å². The van der Waals surface area contributed by atoms with Gasteiger partial charge in [0, 0.05) is 4.47 Å². The van der Waals surface area contributed by atoms with Gasteiger partial charge in [0.05, 0.1) is 0 Å². The number of hydrogen-bond donors (Lipinski definition) is 0. The Morgan fingerprint density at radius 1 is 1.10 bits per heavy atom. The molecule has 4 heteroatoms. The molecule has 0 aliphatic carbocycles. The van der Waals surface area contributed by atoms with Crippen LogP contribution in [-0.2, 0) is 10.1 Å². The molecule has 10 heavy (non-hydrogen) atoms. The first-order valence-electron chi connectivity index (χ1n) is 2.63. The molecular weight excluding hydrogens is 471 g/mol. The van der Waals surface area contributed by atoms with E-state index in [1.165, 1.54) is 0 Å². The molecule has 0 bridgehead atoms. The van der Waals surface area contributed by atoms with Crippen LogP contribution in [0.3, 0.4) is 0 Å². The van der Waals surface area contributed by atoms with Crippen LogP contribution in [0.25, 0.3) is 0 Å². The number of rotatable bonds is 0. The monoisotopic (exact) mass is 474 g/mol. The third-order valence-corrected chi connectivity index (χ3v) is 1.26. The van der Waals surface area contributed by atoms with Crippen molar-refractivity contribution in [1.29, 1.82) is 0 Å². The Labute approximate surface area is 98.6 Å². The fraction of sp³-hybridized carbons (Fsp3) is 0. The van der Waals surface area contributed by atoms with Gasteiger partial charge in [0.15, 0.2) is 0 Å². The quantitative estimate of drug-likeness (QED) is 0.389. The van der Waals surface area contributed by atoms with Crippen LogP contribution in [0.5, 0.6) is 0 Å². The minimum atomic E-state index is 0.0650. The summed E-state index contributed by atoms with van der Waals surface area (Å²) in [4.78, 5) is 0. The number of benzene rings is 1. The van der Waals surface area contributed by atoms with Gasteiger partial charge in [0.1, 0.15) is 0 Å². The van der Waals surface area contributed by atoms with Crippen LogP contribution in [0.1, 0.15) is 0 Å². The van der Waals surface area contributed by atoms with E-state index >= 15 is 0 Å². The Hall–Kier alpha value is 1.78. The fourth-order valence-electron chi connectivity index (χ4n) is 0.415. The Bertz CT molecular complexity index is 157. The first-order chi connectivity index (χ1) is 4.81. The van der Waals surface area contributed by atoms with Crippen LogP contribution in [0.4, 0.5) is 0 Å². The minimum absolute atomic E-state index is 0.0650. The molecule has 0 aromatic heterocycles. The van der Waals surface area contributed by atoms with Gasteiger partial charge in [-0.05, 0) is 12.1 Å². The maximum atomic E-state index is 3.31. The van der Waals surface area contributed by atoms with Crippen molar-refractivity contribution in [3.8, 4) is 0 Å². The Morgan fingerprint density at radius 3 is 1.70 bits per heavy atom. The van der Waals surface area contributed by atoms with E-state index in [1.807, 2.05) is 30.3 Å². The van der Waals surface area contributed by atoms with Crippen LogP contribution < -0.4 is 0 Å². The van der Waals surface area contributed by atoms with Crippen molar-refractivity contribution in [2.45, 2.75) is 0 Å². The zero-order chi connectivity index (χ0) is 7.82. The van der Waals surface area contributed by atoms with Crippen LogP contribution in [0.2, 0.25) is 0 Å². The summed E-state index contributed by atoms with van der Waals surface area (Å²) < 4.78 is 1.13. The Kier molecular flexibility index (Phi) is 10.5. The molecule has 0 unspecified atom stereocenters. The van der Waals surface area contributed by atoms with Gasteiger partial charge in [-0.15, -0.1) is 0 Å². The standard InChI is InChI=1S/C6H5Br.2HI.Zn/c7-6-4-2-1-3-5-6;;;/h1-5H;2*1H;/q;;;+2/p-2. The predicted molar refractivity (Wildman–Crippen MR) is 62.2 cm³/mol. The van der Waals surface area contributed by atoms with Crippen molar-refractivity contribution < 1.29 is 10.1 Å². The Balaban J connectivity index is 0.000000236. The van der Waals surface area contributed by atoms with Gasteiger partial charge in [-0.2, -0.15) is 0 Å². The first kappa shape index (κ1) is 11.8. The van der Waals surface area contributed by atoms with E-state index in [1.54, 1.807) is 0 Å². The summed E-state index contributed by atoms with van der Waals surface area (Å²) in [5.74, 6) is 0. The van der Waals surface area contributed by atoms with Crippen LogP contribution in [0, 0.1) is 0 Å². The average molecular weight is 476 g/mol. The zero-order valence-electron chi connectivity index (χ0n) is 5.23. The molecule has 0 N–H and O–H groups in total. The molecule has 0 saturated heterocycles. The van der Waals surface area contributed by atoms with Gasteiger partial charge in [0.2, 0.25) is 0 Å². The van der Waals surface area contributed by atoms with Crippen LogP contribution in [-0.4, -0.2) is 0 Å². The molecule has 0 aliphatic heterocycles. The topological polar surface area (TPSA) is 0 Å².